The van der Waals surface area contributed by atoms with E-state index in [1.54, 1.807) is 12.3 Å². The highest BCUT2D eigenvalue weighted by molar-refractivity contribution is 5.94. The van der Waals surface area contributed by atoms with Crippen molar-refractivity contribution in [2.75, 3.05) is 45.2 Å². The van der Waals surface area contributed by atoms with Crippen LogP contribution in [0.2, 0.25) is 0 Å². The van der Waals surface area contributed by atoms with Crippen molar-refractivity contribution in [1.29, 1.82) is 5.41 Å². The normalized spacial score (nSPS) is 21.4. The van der Waals surface area contributed by atoms with Crippen LogP contribution in [0.1, 0.15) is 31.2 Å². The predicted octanol–water partition coefficient (Wildman–Crippen LogP) is 1.69. The monoisotopic (exact) mass is 438 g/mol. The summed E-state index contributed by atoms with van der Waals surface area (Å²) in [7, 11) is 3.29. The molecule has 10 heteroatoms. The van der Waals surface area contributed by atoms with Gasteiger partial charge in [0, 0.05) is 51.0 Å². The second-order valence-corrected chi connectivity index (χ2v) is 7.71. The number of esters is 1. The zero-order valence-electron chi connectivity index (χ0n) is 17.5. The minimum absolute atomic E-state index is 0. The van der Waals surface area contributed by atoms with Gasteiger partial charge in [0.1, 0.15) is 11.7 Å². The molecule has 2 aliphatic rings. The smallest absolute Gasteiger partial charge is 0.320 e. The molecule has 2 amide bonds. The summed E-state index contributed by atoms with van der Waals surface area (Å²) in [6.45, 7) is 2.69. The lowest BCUT2D eigenvalue weighted by atomic mass is 9.85. The van der Waals surface area contributed by atoms with Gasteiger partial charge in [0.2, 0.25) is 0 Å². The third-order valence-electron chi connectivity index (χ3n) is 6.01. The standard InChI is InChI=1S/C20H30N6O3.ClH/c1-24(16-6-3-14(4-7-16)19(27)29-2)20(28)26-11-9-25(10-12-26)17-8-5-15(13-23-17)18(21)22;/h5,8,13-14,16H,3-4,6-7,9-12H2,1-2H3,(H3,21,22);1H/t14-,16-;. The molecule has 1 saturated carbocycles. The molecule has 3 rings (SSSR count). The Bertz CT molecular complexity index is 743. The SMILES string of the molecule is COC(=O)[C@H]1CC[C@H](N(C)C(=O)N2CCN(c3ccc(C(=N)N)cn3)CC2)CC1.Cl. The Labute approximate surface area is 183 Å². The predicted molar refractivity (Wildman–Crippen MR) is 117 cm³/mol. The number of anilines is 1. The molecule has 1 saturated heterocycles. The number of amidine groups is 1. The zero-order chi connectivity index (χ0) is 21.0. The fraction of sp³-hybridized carbons (Fsp3) is 0.600. The Kier molecular flexibility index (Phi) is 8.28. The summed E-state index contributed by atoms with van der Waals surface area (Å²) in [6, 6.07) is 3.87. The molecule has 2 heterocycles. The van der Waals surface area contributed by atoms with Crippen LogP contribution in [0.5, 0.6) is 0 Å². The maximum atomic E-state index is 12.9. The van der Waals surface area contributed by atoms with E-state index in [0.717, 1.165) is 31.5 Å². The number of nitrogen functional groups attached to an aromatic ring is 1. The highest BCUT2D eigenvalue weighted by atomic mass is 35.5. The molecule has 30 heavy (non-hydrogen) atoms. The van der Waals surface area contributed by atoms with Crippen LogP contribution in [0.15, 0.2) is 18.3 Å². The summed E-state index contributed by atoms with van der Waals surface area (Å²) in [5.41, 5.74) is 6.07. The molecule has 1 aromatic rings. The lowest BCUT2D eigenvalue weighted by molar-refractivity contribution is -0.146. The highest BCUT2D eigenvalue weighted by Gasteiger charge is 2.32. The molecule has 0 bridgehead atoms. The molecule has 2 fully saturated rings. The number of piperazine rings is 1. The number of nitrogens with zero attached hydrogens (tertiary/aromatic N) is 4. The summed E-state index contributed by atoms with van der Waals surface area (Å²) in [5.74, 6) is 0.656. The van der Waals surface area contributed by atoms with E-state index in [1.165, 1.54) is 7.11 Å². The fourth-order valence-corrected chi connectivity index (χ4v) is 4.10. The topological polar surface area (TPSA) is 116 Å². The van der Waals surface area contributed by atoms with Gasteiger partial charge in [0.25, 0.3) is 0 Å². The summed E-state index contributed by atoms with van der Waals surface area (Å²) in [5, 5.41) is 7.44. The van der Waals surface area contributed by atoms with Crippen molar-refractivity contribution in [3.63, 3.8) is 0 Å². The third kappa shape index (κ3) is 5.33. The van der Waals surface area contributed by atoms with E-state index in [9.17, 15) is 9.59 Å². The Hall–Kier alpha value is -2.55. The van der Waals surface area contributed by atoms with E-state index in [4.69, 9.17) is 15.9 Å². The number of carbonyl (C=O) groups is 2. The van der Waals surface area contributed by atoms with E-state index in [-0.39, 0.29) is 42.2 Å². The number of urea groups is 1. The fourth-order valence-electron chi connectivity index (χ4n) is 4.10. The van der Waals surface area contributed by atoms with Crippen molar-refractivity contribution in [2.24, 2.45) is 11.7 Å². The van der Waals surface area contributed by atoms with E-state index >= 15 is 0 Å². The number of aromatic nitrogens is 1. The van der Waals surface area contributed by atoms with Gasteiger partial charge in [-0.25, -0.2) is 9.78 Å². The van der Waals surface area contributed by atoms with Crippen LogP contribution in [0.3, 0.4) is 0 Å². The molecule has 1 aliphatic carbocycles. The molecule has 0 unspecified atom stereocenters. The van der Waals surface area contributed by atoms with Gasteiger partial charge in [-0.05, 0) is 37.8 Å². The molecule has 0 atom stereocenters. The summed E-state index contributed by atoms with van der Waals surface area (Å²) < 4.78 is 4.84. The molecule has 166 valence electrons. The molecular weight excluding hydrogens is 408 g/mol. The van der Waals surface area contributed by atoms with Crippen molar-refractivity contribution < 1.29 is 14.3 Å². The van der Waals surface area contributed by atoms with Gasteiger partial charge in [-0.3, -0.25) is 10.2 Å². The first kappa shape index (κ1) is 23.7. The lowest BCUT2D eigenvalue weighted by Crippen LogP contribution is -2.54. The van der Waals surface area contributed by atoms with Gasteiger partial charge in [-0.1, -0.05) is 0 Å². The Balaban J connectivity index is 0.00000320. The quantitative estimate of drug-likeness (QED) is 0.420. The first-order chi connectivity index (χ1) is 13.9. The number of nitrogens with one attached hydrogen (secondary N) is 1. The molecule has 1 aromatic heterocycles. The second kappa shape index (κ2) is 10.5. The number of carbonyl (C=O) groups excluding carboxylic acids is 2. The Morgan fingerprint density at radius 3 is 2.30 bits per heavy atom. The zero-order valence-corrected chi connectivity index (χ0v) is 18.4. The summed E-state index contributed by atoms with van der Waals surface area (Å²) >= 11 is 0. The minimum Gasteiger partial charge on any atom is -0.469 e. The van der Waals surface area contributed by atoms with Gasteiger partial charge in [-0.15, -0.1) is 12.4 Å². The van der Waals surface area contributed by atoms with Crippen molar-refractivity contribution in [3.8, 4) is 0 Å². The number of ether oxygens (including phenoxy) is 1. The average Bonchev–Trinajstić information content (AvgIpc) is 2.77. The average molecular weight is 439 g/mol. The van der Waals surface area contributed by atoms with Gasteiger partial charge in [0.05, 0.1) is 13.0 Å². The van der Waals surface area contributed by atoms with Crippen LogP contribution in [-0.4, -0.2) is 79.0 Å². The van der Waals surface area contributed by atoms with E-state index in [1.807, 2.05) is 22.9 Å². The largest absolute Gasteiger partial charge is 0.469 e. The van der Waals surface area contributed by atoms with Gasteiger partial charge in [0.15, 0.2) is 0 Å². The maximum Gasteiger partial charge on any atom is 0.320 e. The molecule has 0 aromatic carbocycles. The number of hydrogen-bond acceptors (Lipinski definition) is 6. The first-order valence-corrected chi connectivity index (χ1v) is 10.1. The number of nitrogens with two attached hydrogens (primary N) is 1. The van der Waals surface area contributed by atoms with Crippen molar-refractivity contribution >= 4 is 36.1 Å². The van der Waals surface area contributed by atoms with Crippen LogP contribution in [0.25, 0.3) is 0 Å². The molecule has 3 N–H and O–H groups in total. The van der Waals surface area contributed by atoms with E-state index in [0.29, 0.717) is 31.7 Å². The molecular formula is C20H31ClN6O3. The number of methoxy groups -OCH3 is 1. The third-order valence-corrected chi connectivity index (χ3v) is 6.01. The Morgan fingerprint density at radius 1 is 1.17 bits per heavy atom. The molecule has 0 radical (unpaired) electrons. The highest BCUT2D eigenvalue weighted by Crippen LogP contribution is 2.28. The van der Waals surface area contributed by atoms with Crippen molar-refractivity contribution in [2.45, 2.75) is 31.7 Å². The number of rotatable bonds is 4. The van der Waals surface area contributed by atoms with Gasteiger partial charge in [-0.2, -0.15) is 0 Å². The molecule has 9 nitrogen and oxygen atoms in total. The van der Waals surface area contributed by atoms with Crippen LogP contribution in [-0.2, 0) is 9.53 Å². The van der Waals surface area contributed by atoms with Crippen LogP contribution >= 0.6 is 12.4 Å². The van der Waals surface area contributed by atoms with Crippen LogP contribution < -0.4 is 10.6 Å². The Morgan fingerprint density at radius 2 is 1.80 bits per heavy atom. The molecule has 1 aliphatic heterocycles. The number of hydrogen-bond donors (Lipinski definition) is 2. The number of pyridine rings is 1. The van der Waals surface area contributed by atoms with E-state index < -0.39 is 0 Å². The second-order valence-electron chi connectivity index (χ2n) is 7.71. The minimum atomic E-state index is -0.140. The van der Waals surface area contributed by atoms with Crippen LogP contribution in [0.4, 0.5) is 10.6 Å². The van der Waals surface area contributed by atoms with E-state index in [2.05, 4.69) is 9.88 Å². The van der Waals surface area contributed by atoms with Crippen molar-refractivity contribution in [3.05, 3.63) is 23.9 Å². The summed E-state index contributed by atoms with van der Waals surface area (Å²) in [4.78, 5) is 34.8. The first-order valence-electron chi connectivity index (χ1n) is 10.1. The number of halogens is 1. The lowest BCUT2D eigenvalue weighted by Gasteiger charge is -2.40. The van der Waals surface area contributed by atoms with Gasteiger partial charge >= 0.3 is 12.0 Å². The maximum absolute atomic E-state index is 12.9. The van der Waals surface area contributed by atoms with Gasteiger partial charge < -0.3 is 25.2 Å². The molecule has 0 spiro atoms. The summed E-state index contributed by atoms with van der Waals surface area (Å²) in [6.07, 6.45) is 4.80. The number of amides is 2. The van der Waals surface area contributed by atoms with Crippen LogP contribution in [0, 0.1) is 11.3 Å². The van der Waals surface area contributed by atoms with Crippen molar-refractivity contribution in [1.82, 2.24) is 14.8 Å².